The number of nitrogens with two attached hydrogens (primary N) is 1. The molecule has 0 spiro atoms. The van der Waals surface area contributed by atoms with Gasteiger partial charge >= 0.3 is 0 Å². The predicted molar refractivity (Wildman–Crippen MR) is 72.7 cm³/mol. The van der Waals surface area contributed by atoms with Gasteiger partial charge in [0.25, 0.3) is 5.56 Å². The van der Waals surface area contributed by atoms with Crippen LogP contribution in [-0.4, -0.2) is 14.3 Å². The molecule has 0 unspecified atom stereocenters. The molecule has 0 saturated carbocycles. The Bertz CT molecular complexity index is 590. The summed E-state index contributed by atoms with van der Waals surface area (Å²) in [4.78, 5) is 11.8. The van der Waals surface area contributed by atoms with Crippen molar-refractivity contribution >= 4 is 37.7 Å². The summed E-state index contributed by atoms with van der Waals surface area (Å²) >= 11 is 6.57. The number of aryl methyl sites for hydroxylation is 2. The van der Waals surface area contributed by atoms with Crippen molar-refractivity contribution < 1.29 is 0 Å². The molecule has 17 heavy (non-hydrogen) atoms. The predicted octanol–water partition coefficient (Wildman–Crippen LogP) is 1.85. The highest BCUT2D eigenvalue weighted by Gasteiger charge is 2.03. The Kier molecular flexibility index (Phi) is 3.68. The fourth-order valence-corrected chi connectivity index (χ4v) is 2.70. The summed E-state index contributed by atoms with van der Waals surface area (Å²) in [6.45, 7) is 1.14. The minimum atomic E-state index is -0.0617. The molecule has 2 N–H and O–H groups in total. The number of aromatic nitrogens is 3. The standard InChI is InChI=1S/C10H10Br2N4O/c11-7-5-8(12)10(17)15(6-7)3-4-16-2-1-9(13)14-16/h1-2,5-6H,3-4H2,(H2,13,14). The van der Waals surface area contributed by atoms with Gasteiger partial charge in [0.2, 0.25) is 0 Å². The van der Waals surface area contributed by atoms with Crippen molar-refractivity contribution in [3.05, 3.63) is 43.8 Å². The molecular formula is C10H10Br2N4O. The fourth-order valence-electron chi connectivity index (χ4n) is 1.44. The number of nitrogens with zero attached hydrogens (tertiary/aromatic N) is 3. The molecule has 7 heteroatoms. The minimum Gasteiger partial charge on any atom is -0.382 e. The van der Waals surface area contributed by atoms with Gasteiger partial charge in [-0.15, -0.1) is 0 Å². The van der Waals surface area contributed by atoms with E-state index in [1.807, 2.05) is 0 Å². The molecule has 0 aromatic carbocycles. The summed E-state index contributed by atoms with van der Waals surface area (Å²) in [5.74, 6) is 0.479. The Labute approximate surface area is 114 Å². The van der Waals surface area contributed by atoms with Crippen LogP contribution in [0.4, 0.5) is 5.82 Å². The Hall–Kier alpha value is -1.08. The Morgan fingerprint density at radius 1 is 1.35 bits per heavy atom. The second-order valence-electron chi connectivity index (χ2n) is 3.51. The molecule has 0 aliphatic heterocycles. The molecule has 2 aromatic rings. The van der Waals surface area contributed by atoms with Crippen LogP contribution in [0.15, 0.2) is 38.3 Å². The lowest BCUT2D eigenvalue weighted by Crippen LogP contribution is -2.22. The quantitative estimate of drug-likeness (QED) is 0.907. The van der Waals surface area contributed by atoms with Gasteiger partial charge in [0.1, 0.15) is 5.82 Å². The number of hydrogen-bond donors (Lipinski definition) is 1. The van der Waals surface area contributed by atoms with Crippen LogP contribution >= 0.6 is 31.9 Å². The lowest BCUT2D eigenvalue weighted by atomic mass is 10.4. The molecule has 0 aliphatic carbocycles. The molecule has 0 fully saturated rings. The maximum Gasteiger partial charge on any atom is 0.264 e. The van der Waals surface area contributed by atoms with Gasteiger partial charge in [-0.25, -0.2) is 0 Å². The zero-order valence-electron chi connectivity index (χ0n) is 8.81. The average molecular weight is 362 g/mol. The second kappa shape index (κ2) is 5.05. The molecule has 2 heterocycles. The number of pyridine rings is 1. The summed E-state index contributed by atoms with van der Waals surface area (Å²) in [7, 11) is 0. The molecular weight excluding hydrogens is 352 g/mol. The minimum absolute atomic E-state index is 0.0617. The highest BCUT2D eigenvalue weighted by atomic mass is 79.9. The van der Waals surface area contributed by atoms with Crippen molar-refractivity contribution in [2.24, 2.45) is 0 Å². The van der Waals surface area contributed by atoms with E-state index in [4.69, 9.17) is 5.73 Å². The van der Waals surface area contributed by atoms with Crippen molar-refractivity contribution in [3.8, 4) is 0 Å². The van der Waals surface area contributed by atoms with Crippen LogP contribution in [0, 0.1) is 0 Å². The smallest absolute Gasteiger partial charge is 0.264 e. The normalized spacial score (nSPS) is 10.7. The van der Waals surface area contributed by atoms with Crippen LogP contribution in [0.1, 0.15) is 0 Å². The second-order valence-corrected chi connectivity index (χ2v) is 5.28. The topological polar surface area (TPSA) is 65.8 Å². The zero-order valence-corrected chi connectivity index (χ0v) is 12.0. The van der Waals surface area contributed by atoms with E-state index in [-0.39, 0.29) is 5.56 Å². The first-order valence-corrected chi connectivity index (χ1v) is 6.49. The first kappa shape index (κ1) is 12.4. The summed E-state index contributed by atoms with van der Waals surface area (Å²) in [6.07, 6.45) is 3.54. The van der Waals surface area contributed by atoms with Crippen molar-refractivity contribution in [1.29, 1.82) is 0 Å². The lowest BCUT2D eigenvalue weighted by Gasteiger charge is -2.07. The monoisotopic (exact) mass is 360 g/mol. The Balaban J connectivity index is 2.17. The van der Waals surface area contributed by atoms with E-state index in [9.17, 15) is 4.79 Å². The summed E-state index contributed by atoms with van der Waals surface area (Å²) in [5.41, 5.74) is 5.45. The van der Waals surface area contributed by atoms with Crippen LogP contribution < -0.4 is 11.3 Å². The largest absolute Gasteiger partial charge is 0.382 e. The molecule has 2 rings (SSSR count). The number of anilines is 1. The van der Waals surface area contributed by atoms with E-state index in [2.05, 4.69) is 37.0 Å². The van der Waals surface area contributed by atoms with Crippen LogP contribution in [0.25, 0.3) is 0 Å². The highest BCUT2D eigenvalue weighted by molar-refractivity contribution is 9.11. The average Bonchev–Trinajstić information content (AvgIpc) is 2.67. The van der Waals surface area contributed by atoms with Crippen molar-refractivity contribution in [2.75, 3.05) is 5.73 Å². The van der Waals surface area contributed by atoms with Gasteiger partial charge in [0.15, 0.2) is 0 Å². The molecule has 0 atom stereocenters. The van der Waals surface area contributed by atoms with Crippen LogP contribution in [0.2, 0.25) is 0 Å². The van der Waals surface area contributed by atoms with Gasteiger partial charge in [-0.1, -0.05) is 0 Å². The molecule has 90 valence electrons. The molecule has 2 aromatic heterocycles. The molecule has 5 nitrogen and oxygen atoms in total. The Morgan fingerprint density at radius 3 is 2.76 bits per heavy atom. The summed E-state index contributed by atoms with van der Waals surface area (Å²) in [6, 6.07) is 3.45. The summed E-state index contributed by atoms with van der Waals surface area (Å²) < 4.78 is 4.71. The first-order valence-electron chi connectivity index (χ1n) is 4.90. The maximum absolute atomic E-state index is 11.8. The summed E-state index contributed by atoms with van der Waals surface area (Å²) in [5, 5.41) is 4.06. The number of nitrogen functional groups attached to an aromatic ring is 1. The first-order chi connectivity index (χ1) is 8.06. The van der Waals surface area contributed by atoms with E-state index >= 15 is 0 Å². The third-order valence-electron chi connectivity index (χ3n) is 2.24. The van der Waals surface area contributed by atoms with Gasteiger partial charge in [-0.2, -0.15) is 5.10 Å². The van der Waals surface area contributed by atoms with Crippen LogP contribution in [0.5, 0.6) is 0 Å². The van der Waals surface area contributed by atoms with E-state index in [1.165, 1.54) is 0 Å². The van der Waals surface area contributed by atoms with Crippen LogP contribution in [0.3, 0.4) is 0 Å². The highest BCUT2D eigenvalue weighted by Crippen LogP contribution is 2.12. The van der Waals surface area contributed by atoms with E-state index in [1.54, 1.807) is 33.8 Å². The van der Waals surface area contributed by atoms with Gasteiger partial charge in [-0.05, 0) is 44.0 Å². The van der Waals surface area contributed by atoms with Crippen molar-refractivity contribution in [3.63, 3.8) is 0 Å². The lowest BCUT2D eigenvalue weighted by molar-refractivity contribution is 0.523. The molecule has 0 aliphatic rings. The van der Waals surface area contributed by atoms with Crippen LogP contribution in [-0.2, 0) is 13.1 Å². The number of halogens is 2. The fraction of sp³-hybridized carbons (Fsp3) is 0.200. The van der Waals surface area contributed by atoms with Crippen molar-refractivity contribution in [1.82, 2.24) is 14.3 Å². The maximum atomic E-state index is 11.8. The van der Waals surface area contributed by atoms with E-state index < -0.39 is 0 Å². The van der Waals surface area contributed by atoms with Crippen molar-refractivity contribution in [2.45, 2.75) is 13.1 Å². The third-order valence-corrected chi connectivity index (χ3v) is 3.24. The number of hydrogen-bond acceptors (Lipinski definition) is 3. The Morgan fingerprint density at radius 2 is 2.12 bits per heavy atom. The molecule has 0 saturated heterocycles. The zero-order chi connectivity index (χ0) is 12.4. The number of rotatable bonds is 3. The van der Waals surface area contributed by atoms with Gasteiger partial charge < -0.3 is 10.3 Å². The SMILES string of the molecule is Nc1ccn(CCn2cc(Br)cc(Br)c2=O)n1. The van der Waals surface area contributed by atoms with Gasteiger partial charge in [0, 0.05) is 23.4 Å². The molecule has 0 bridgehead atoms. The molecule has 0 amide bonds. The van der Waals surface area contributed by atoms with Gasteiger partial charge in [-0.3, -0.25) is 9.48 Å². The third kappa shape index (κ3) is 2.98. The van der Waals surface area contributed by atoms with E-state index in [0.29, 0.717) is 23.4 Å². The van der Waals surface area contributed by atoms with Gasteiger partial charge in [0.05, 0.1) is 11.0 Å². The van der Waals surface area contributed by atoms with E-state index in [0.717, 1.165) is 4.47 Å². The molecule has 0 radical (unpaired) electrons.